The number of H-pyrrole nitrogens is 1. The van der Waals surface area contributed by atoms with E-state index in [1.54, 1.807) is 0 Å². The molecule has 2 rings (SSSR count). The van der Waals surface area contributed by atoms with Gasteiger partial charge in [-0.2, -0.15) is 13.2 Å². The number of hydrogen-bond acceptors (Lipinski definition) is 4. The number of carbonyl (C=O) groups is 1. The van der Waals surface area contributed by atoms with Crippen molar-refractivity contribution < 1.29 is 22.7 Å². The van der Waals surface area contributed by atoms with E-state index in [-0.39, 0.29) is 17.1 Å². The van der Waals surface area contributed by atoms with E-state index in [0.29, 0.717) is 0 Å². The number of esters is 1. The number of ether oxygens (including phenoxy) is 1. The maximum Gasteiger partial charge on any atom is 0.433 e. The predicted octanol–water partition coefficient (Wildman–Crippen LogP) is 3.04. The van der Waals surface area contributed by atoms with Crippen molar-refractivity contribution in [2.45, 2.75) is 6.18 Å². The third-order valence-corrected chi connectivity index (χ3v) is 2.95. The highest BCUT2D eigenvalue weighted by Gasteiger charge is 2.36. The molecular weight excluding hydrogens is 343 g/mol. The second-order valence-corrected chi connectivity index (χ2v) is 4.39. The van der Waals surface area contributed by atoms with Crippen LogP contribution in [0.3, 0.4) is 0 Å². The lowest BCUT2D eigenvalue weighted by Gasteiger charge is -2.04. The number of hydrogen-bond donors (Lipinski definition) is 1. The number of rotatable bonds is 2. The number of imidazole rings is 1. The van der Waals surface area contributed by atoms with E-state index in [1.807, 2.05) is 0 Å². The van der Waals surface area contributed by atoms with E-state index in [9.17, 15) is 18.0 Å². The first-order valence-electron chi connectivity index (χ1n) is 5.21. The third kappa shape index (κ3) is 2.67. The van der Waals surface area contributed by atoms with Crippen molar-refractivity contribution in [2.24, 2.45) is 0 Å². The van der Waals surface area contributed by atoms with Crippen LogP contribution in [-0.2, 0) is 10.9 Å². The molecule has 0 unspecified atom stereocenters. The van der Waals surface area contributed by atoms with E-state index in [2.05, 4.69) is 35.6 Å². The minimum Gasteiger partial charge on any atom is -0.465 e. The van der Waals surface area contributed by atoms with Crippen LogP contribution in [0.1, 0.15) is 16.1 Å². The van der Waals surface area contributed by atoms with Crippen LogP contribution in [0.15, 0.2) is 22.9 Å². The van der Waals surface area contributed by atoms with E-state index < -0.39 is 22.4 Å². The van der Waals surface area contributed by atoms with Crippen LogP contribution >= 0.6 is 15.9 Å². The first-order valence-corrected chi connectivity index (χ1v) is 6.00. The Morgan fingerprint density at radius 3 is 2.70 bits per heavy atom. The molecule has 0 bridgehead atoms. The van der Waals surface area contributed by atoms with Gasteiger partial charge in [-0.15, -0.1) is 0 Å². The standard InChI is InChI=1S/C11H7BrF3N3O2/c1-20-10(19)5-3-2-4-16-6(5)9-17-7(8(12)18-9)11(13,14)15/h2-4H,1H3,(H,17,18). The molecule has 0 aromatic carbocycles. The lowest BCUT2D eigenvalue weighted by Crippen LogP contribution is -2.07. The number of alkyl halides is 3. The fourth-order valence-electron chi connectivity index (χ4n) is 1.52. The molecule has 20 heavy (non-hydrogen) atoms. The quantitative estimate of drug-likeness (QED) is 0.846. The Morgan fingerprint density at radius 2 is 2.15 bits per heavy atom. The first-order chi connectivity index (χ1) is 9.34. The topological polar surface area (TPSA) is 67.9 Å². The average Bonchev–Trinajstić information content (AvgIpc) is 2.80. The first kappa shape index (κ1) is 14.5. The van der Waals surface area contributed by atoms with Gasteiger partial charge in [0.05, 0.1) is 12.7 Å². The predicted molar refractivity (Wildman–Crippen MR) is 65.9 cm³/mol. The lowest BCUT2D eigenvalue weighted by molar-refractivity contribution is -0.141. The molecule has 0 radical (unpaired) electrons. The Bertz CT molecular complexity index is 655. The third-order valence-electron chi connectivity index (χ3n) is 2.38. The van der Waals surface area contributed by atoms with Crippen LogP contribution in [0.5, 0.6) is 0 Å². The van der Waals surface area contributed by atoms with Crippen LogP contribution in [0.2, 0.25) is 0 Å². The van der Waals surface area contributed by atoms with Crippen molar-refractivity contribution in [2.75, 3.05) is 7.11 Å². The van der Waals surface area contributed by atoms with Crippen LogP contribution in [0.4, 0.5) is 13.2 Å². The number of nitrogens with zero attached hydrogens (tertiary/aromatic N) is 2. The monoisotopic (exact) mass is 349 g/mol. The summed E-state index contributed by atoms with van der Waals surface area (Å²) >= 11 is 2.72. The lowest BCUT2D eigenvalue weighted by atomic mass is 10.2. The summed E-state index contributed by atoms with van der Waals surface area (Å²) in [7, 11) is 1.16. The highest BCUT2D eigenvalue weighted by molar-refractivity contribution is 9.10. The smallest absolute Gasteiger partial charge is 0.433 e. The second-order valence-electron chi connectivity index (χ2n) is 3.64. The van der Waals surface area contributed by atoms with Gasteiger partial charge in [-0.1, -0.05) is 0 Å². The van der Waals surface area contributed by atoms with Crippen LogP contribution in [-0.4, -0.2) is 28.0 Å². The SMILES string of the molecule is COC(=O)c1cccnc1-c1nc(Br)c(C(F)(F)F)[nH]1. The summed E-state index contributed by atoms with van der Waals surface area (Å²) in [6.07, 6.45) is -3.25. The average molecular weight is 350 g/mol. The minimum atomic E-state index is -4.59. The summed E-state index contributed by atoms with van der Waals surface area (Å²) < 4.78 is 42.2. The van der Waals surface area contributed by atoms with Crippen LogP contribution in [0.25, 0.3) is 11.5 Å². The molecule has 2 aromatic rings. The molecular formula is C11H7BrF3N3O2. The van der Waals surface area contributed by atoms with Crippen molar-refractivity contribution in [1.82, 2.24) is 15.0 Å². The fraction of sp³-hybridized carbons (Fsp3) is 0.182. The van der Waals surface area contributed by atoms with Crippen LogP contribution < -0.4 is 0 Å². The number of methoxy groups -OCH3 is 1. The van der Waals surface area contributed by atoms with E-state index >= 15 is 0 Å². The largest absolute Gasteiger partial charge is 0.465 e. The molecule has 0 atom stereocenters. The zero-order valence-corrected chi connectivity index (χ0v) is 11.5. The summed E-state index contributed by atoms with van der Waals surface area (Å²) in [5.74, 6) is -0.889. The van der Waals surface area contributed by atoms with Gasteiger partial charge in [0, 0.05) is 6.20 Å². The Labute approximate surface area is 119 Å². The van der Waals surface area contributed by atoms with Gasteiger partial charge < -0.3 is 9.72 Å². The Balaban J connectivity index is 2.56. The number of aromatic amines is 1. The van der Waals surface area contributed by atoms with Crippen molar-refractivity contribution in [1.29, 1.82) is 0 Å². The van der Waals surface area contributed by atoms with Gasteiger partial charge >= 0.3 is 12.1 Å². The second kappa shape index (κ2) is 5.23. The molecule has 0 aliphatic rings. The van der Waals surface area contributed by atoms with Gasteiger partial charge in [0.25, 0.3) is 0 Å². The molecule has 0 amide bonds. The minimum absolute atomic E-state index is 0.0180. The van der Waals surface area contributed by atoms with E-state index in [0.717, 1.165) is 7.11 Å². The van der Waals surface area contributed by atoms with Gasteiger partial charge in [-0.25, -0.2) is 9.78 Å². The zero-order chi connectivity index (χ0) is 14.9. The van der Waals surface area contributed by atoms with Crippen molar-refractivity contribution in [3.05, 3.63) is 34.2 Å². The molecule has 0 aliphatic carbocycles. The van der Waals surface area contributed by atoms with Gasteiger partial charge in [-0.05, 0) is 28.1 Å². The summed E-state index contributed by atoms with van der Waals surface area (Å²) in [5, 5.41) is 0. The van der Waals surface area contributed by atoms with Crippen molar-refractivity contribution in [3.63, 3.8) is 0 Å². The number of carbonyl (C=O) groups excluding carboxylic acids is 1. The maximum atomic E-state index is 12.7. The molecule has 2 heterocycles. The molecule has 5 nitrogen and oxygen atoms in total. The number of halogens is 4. The normalized spacial score (nSPS) is 11.4. The molecule has 0 aliphatic heterocycles. The van der Waals surface area contributed by atoms with Crippen molar-refractivity contribution >= 4 is 21.9 Å². The summed E-state index contributed by atoms with van der Waals surface area (Å²) in [6, 6.07) is 2.86. The van der Waals surface area contributed by atoms with Crippen molar-refractivity contribution in [3.8, 4) is 11.5 Å². The van der Waals surface area contributed by atoms with Crippen LogP contribution in [0, 0.1) is 0 Å². The number of pyridine rings is 1. The Hall–Kier alpha value is -1.90. The molecule has 0 saturated carbocycles. The van der Waals surface area contributed by atoms with Gasteiger partial charge in [0.1, 0.15) is 10.3 Å². The zero-order valence-electron chi connectivity index (χ0n) is 9.95. The molecule has 2 aromatic heterocycles. The number of nitrogens with one attached hydrogen (secondary N) is 1. The maximum absolute atomic E-state index is 12.7. The summed E-state index contributed by atoms with van der Waals surface area (Å²) in [4.78, 5) is 21.2. The van der Waals surface area contributed by atoms with Gasteiger partial charge in [0.2, 0.25) is 0 Å². The van der Waals surface area contributed by atoms with E-state index in [4.69, 9.17) is 0 Å². The molecule has 0 fully saturated rings. The molecule has 0 spiro atoms. The number of aromatic nitrogens is 3. The van der Waals surface area contributed by atoms with Gasteiger partial charge in [-0.3, -0.25) is 4.98 Å². The highest BCUT2D eigenvalue weighted by Crippen LogP contribution is 2.35. The molecule has 9 heteroatoms. The van der Waals surface area contributed by atoms with Gasteiger partial charge in [0.15, 0.2) is 11.5 Å². The summed E-state index contributed by atoms with van der Waals surface area (Å²) in [5.41, 5.74) is -1.05. The molecule has 106 valence electrons. The molecule has 0 saturated heterocycles. The summed E-state index contributed by atoms with van der Waals surface area (Å²) in [6.45, 7) is 0. The Kier molecular flexibility index (Phi) is 3.80. The Morgan fingerprint density at radius 1 is 1.45 bits per heavy atom. The highest BCUT2D eigenvalue weighted by atomic mass is 79.9. The van der Waals surface area contributed by atoms with E-state index in [1.165, 1.54) is 18.3 Å². The molecule has 1 N–H and O–H groups in total. The fourth-order valence-corrected chi connectivity index (χ4v) is 2.02.